The van der Waals surface area contributed by atoms with E-state index in [4.69, 9.17) is 0 Å². The van der Waals surface area contributed by atoms with E-state index in [1.54, 1.807) is 6.20 Å². The molecule has 0 unspecified atom stereocenters. The molecule has 3 rings (SSSR count). The van der Waals surface area contributed by atoms with Crippen LogP contribution in [0.4, 0.5) is 11.8 Å². The van der Waals surface area contributed by atoms with Gasteiger partial charge in [0.2, 0.25) is 5.95 Å². The molecule has 2 aromatic rings. The van der Waals surface area contributed by atoms with Crippen molar-refractivity contribution < 1.29 is 5.11 Å². The number of anilines is 2. The minimum absolute atomic E-state index is 0.203. The molecule has 0 spiro atoms. The van der Waals surface area contributed by atoms with E-state index in [9.17, 15) is 10.4 Å². The quantitative estimate of drug-likeness (QED) is 0.776. The molecule has 130 valence electrons. The highest BCUT2D eigenvalue weighted by Crippen LogP contribution is 2.23. The summed E-state index contributed by atoms with van der Waals surface area (Å²) in [5, 5.41) is 25.5. The van der Waals surface area contributed by atoms with Crippen LogP contribution in [0.1, 0.15) is 42.4 Å². The second kappa shape index (κ2) is 7.95. The number of aliphatic hydroxyl groups is 1. The third-order valence-electron chi connectivity index (χ3n) is 4.64. The van der Waals surface area contributed by atoms with Crippen LogP contribution in [0.3, 0.4) is 0 Å². The van der Waals surface area contributed by atoms with E-state index in [-0.39, 0.29) is 12.1 Å². The molecule has 1 aliphatic carbocycles. The Balaban J connectivity index is 1.69. The van der Waals surface area contributed by atoms with Gasteiger partial charge in [-0.25, -0.2) is 4.98 Å². The van der Waals surface area contributed by atoms with Gasteiger partial charge in [0.05, 0.1) is 12.3 Å². The van der Waals surface area contributed by atoms with Crippen LogP contribution in [0.2, 0.25) is 0 Å². The molecule has 1 fully saturated rings. The van der Waals surface area contributed by atoms with Crippen LogP contribution in [0.25, 0.3) is 0 Å². The monoisotopic (exact) mass is 337 g/mol. The van der Waals surface area contributed by atoms with E-state index < -0.39 is 0 Å². The second-order valence-corrected chi connectivity index (χ2v) is 6.50. The fourth-order valence-corrected chi connectivity index (χ4v) is 3.06. The van der Waals surface area contributed by atoms with Crippen LogP contribution in [0, 0.1) is 18.3 Å². The predicted octanol–water partition coefficient (Wildman–Crippen LogP) is 2.98. The molecule has 6 nitrogen and oxygen atoms in total. The van der Waals surface area contributed by atoms with E-state index in [1.807, 2.05) is 12.1 Å². The lowest BCUT2D eigenvalue weighted by Crippen LogP contribution is -2.29. The van der Waals surface area contributed by atoms with Crippen molar-refractivity contribution in [2.75, 3.05) is 10.6 Å². The number of nitrogens with one attached hydrogen (secondary N) is 2. The van der Waals surface area contributed by atoms with Gasteiger partial charge in [-0.1, -0.05) is 24.3 Å². The molecule has 1 saturated carbocycles. The van der Waals surface area contributed by atoms with Crippen molar-refractivity contribution in [2.24, 2.45) is 0 Å². The zero-order valence-corrected chi connectivity index (χ0v) is 14.4. The summed E-state index contributed by atoms with van der Waals surface area (Å²) in [7, 11) is 0. The number of aliphatic hydroxyl groups excluding tert-OH is 1. The molecule has 0 atom stereocenters. The van der Waals surface area contributed by atoms with Crippen LogP contribution in [0.15, 0.2) is 30.5 Å². The topological polar surface area (TPSA) is 93.9 Å². The number of hydrogen-bond donors (Lipinski definition) is 3. The number of aryl methyl sites for hydroxylation is 1. The standard InChI is InChI=1S/C19H23N5O/c1-13-4-2-3-5-14(13)11-21-19-22-12-15(10-20)18(24-19)23-16-6-8-17(25)9-7-16/h2-5,12,16-17,25H,6-9,11H2,1H3,(H2,21,22,23,24)/t16-,17+. The molecule has 0 amide bonds. The van der Waals surface area contributed by atoms with Gasteiger partial charge in [-0.2, -0.15) is 10.2 Å². The van der Waals surface area contributed by atoms with E-state index in [2.05, 4.69) is 45.7 Å². The van der Waals surface area contributed by atoms with Crippen LogP contribution < -0.4 is 10.6 Å². The minimum atomic E-state index is -0.203. The van der Waals surface area contributed by atoms with Crippen molar-refractivity contribution in [3.63, 3.8) is 0 Å². The van der Waals surface area contributed by atoms with Crippen molar-refractivity contribution in [1.29, 1.82) is 5.26 Å². The fourth-order valence-electron chi connectivity index (χ4n) is 3.06. The average Bonchev–Trinajstić information content (AvgIpc) is 2.63. The number of benzene rings is 1. The fraction of sp³-hybridized carbons (Fsp3) is 0.421. The van der Waals surface area contributed by atoms with E-state index in [0.29, 0.717) is 23.9 Å². The number of aromatic nitrogens is 2. The molecular formula is C19H23N5O. The SMILES string of the molecule is Cc1ccccc1CNc1ncc(C#N)c(N[C@H]2CC[C@@H](O)CC2)n1. The maximum Gasteiger partial charge on any atom is 0.224 e. The number of rotatable bonds is 5. The molecule has 0 aliphatic heterocycles. The first-order chi connectivity index (χ1) is 12.2. The molecule has 0 bridgehead atoms. The Morgan fingerprint density at radius 2 is 2.00 bits per heavy atom. The summed E-state index contributed by atoms with van der Waals surface area (Å²) in [6.07, 6.45) is 4.66. The van der Waals surface area contributed by atoms with Gasteiger partial charge >= 0.3 is 0 Å². The summed E-state index contributed by atoms with van der Waals surface area (Å²) in [5.74, 6) is 1.06. The molecule has 1 aliphatic rings. The van der Waals surface area contributed by atoms with Crippen LogP contribution in [0.5, 0.6) is 0 Å². The third-order valence-corrected chi connectivity index (χ3v) is 4.64. The lowest BCUT2D eigenvalue weighted by atomic mass is 9.93. The van der Waals surface area contributed by atoms with Gasteiger partial charge in [0.15, 0.2) is 0 Å². The average molecular weight is 337 g/mol. The molecule has 0 radical (unpaired) electrons. The lowest BCUT2D eigenvalue weighted by Gasteiger charge is -2.26. The summed E-state index contributed by atoms with van der Waals surface area (Å²) < 4.78 is 0. The summed E-state index contributed by atoms with van der Waals surface area (Å²) in [4.78, 5) is 8.72. The normalized spacial score (nSPS) is 19.9. The van der Waals surface area contributed by atoms with Crippen LogP contribution >= 0.6 is 0 Å². The molecule has 3 N–H and O–H groups in total. The molecule has 1 aromatic carbocycles. The van der Waals surface area contributed by atoms with Gasteiger partial charge in [0.1, 0.15) is 17.5 Å². The van der Waals surface area contributed by atoms with Crippen LogP contribution in [-0.2, 0) is 6.54 Å². The Bertz CT molecular complexity index is 763. The smallest absolute Gasteiger partial charge is 0.224 e. The minimum Gasteiger partial charge on any atom is -0.393 e. The summed E-state index contributed by atoms with van der Waals surface area (Å²) >= 11 is 0. The number of hydrogen-bond acceptors (Lipinski definition) is 6. The number of nitriles is 1. The van der Waals surface area contributed by atoms with Gasteiger partial charge in [0.25, 0.3) is 0 Å². The molecule has 6 heteroatoms. The van der Waals surface area contributed by atoms with Gasteiger partial charge in [-0.15, -0.1) is 0 Å². The Morgan fingerprint density at radius 1 is 1.24 bits per heavy atom. The molecule has 0 saturated heterocycles. The van der Waals surface area contributed by atoms with E-state index in [1.165, 1.54) is 11.1 Å². The molecule has 25 heavy (non-hydrogen) atoms. The Morgan fingerprint density at radius 3 is 2.72 bits per heavy atom. The van der Waals surface area contributed by atoms with Crippen molar-refractivity contribution in [1.82, 2.24) is 9.97 Å². The highest BCUT2D eigenvalue weighted by molar-refractivity contribution is 5.54. The number of nitrogens with zero attached hydrogens (tertiary/aromatic N) is 3. The first-order valence-corrected chi connectivity index (χ1v) is 8.66. The van der Waals surface area contributed by atoms with Crippen molar-refractivity contribution in [3.8, 4) is 6.07 Å². The first-order valence-electron chi connectivity index (χ1n) is 8.66. The maximum absolute atomic E-state index is 9.62. The second-order valence-electron chi connectivity index (χ2n) is 6.50. The Kier molecular flexibility index (Phi) is 5.46. The Hall–Kier alpha value is -2.65. The van der Waals surface area contributed by atoms with Crippen LogP contribution in [-0.4, -0.2) is 27.2 Å². The van der Waals surface area contributed by atoms with Gasteiger partial charge in [-0.3, -0.25) is 0 Å². The van der Waals surface area contributed by atoms with E-state index in [0.717, 1.165) is 25.7 Å². The predicted molar refractivity (Wildman–Crippen MR) is 97.1 cm³/mol. The lowest BCUT2D eigenvalue weighted by molar-refractivity contribution is 0.126. The molecular weight excluding hydrogens is 314 g/mol. The highest BCUT2D eigenvalue weighted by atomic mass is 16.3. The third kappa shape index (κ3) is 4.46. The molecule has 1 aromatic heterocycles. The van der Waals surface area contributed by atoms with Crippen molar-refractivity contribution >= 4 is 11.8 Å². The maximum atomic E-state index is 9.62. The zero-order chi connectivity index (χ0) is 17.6. The molecule has 1 heterocycles. The van der Waals surface area contributed by atoms with Crippen molar-refractivity contribution in [3.05, 3.63) is 47.2 Å². The zero-order valence-electron chi connectivity index (χ0n) is 14.4. The van der Waals surface area contributed by atoms with Gasteiger partial charge < -0.3 is 15.7 Å². The summed E-state index contributed by atoms with van der Waals surface area (Å²) in [6.45, 7) is 2.70. The van der Waals surface area contributed by atoms with Gasteiger partial charge in [-0.05, 0) is 43.7 Å². The van der Waals surface area contributed by atoms with Crippen molar-refractivity contribution in [2.45, 2.75) is 51.3 Å². The summed E-state index contributed by atoms with van der Waals surface area (Å²) in [5.41, 5.74) is 2.83. The van der Waals surface area contributed by atoms with Gasteiger partial charge in [0, 0.05) is 12.6 Å². The van der Waals surface area contributed by atoms with E-state index >= 15 is 0 Å². The Labute approximate surface area is 147 Å². The first kappa shape index (κ1) is 17.2. The largest absolute Gasteiger partial charge is 0.393 e. The summed E-state index contributed by atoms with van der Waals surface area (Å²) in [6, 6.07) is 10.5. The highest BCUT2D eigenvalue weighted by Gasteiger charge is 2.20.